The number of amides is 1. The second-order valence-electron chi connectivity index (χ2n) is 6.77. The van der Waals surface area contributed by atoms with Crippen LogP contribution in [0.4, 0.5) is 5.69 Å². The average Bonchev–Trinajstić information content (AvgIpc) is 2.65. The summed E-state index contributed by atoms with van der Waals surface area (Å²) in [6.07, 6.45) is 3.33. The zero-order valence-corrected chi connectivity index (χ0v) is 17.8. The van der Waals surface area contributed by atoms with Crippen molar-refractivity contribution in [3.63, 3.8) is 0 Å². The quantitative estimate of drug-likeness (QED) is 0.572. The molecule has 1 N–H and O–H groups in total. The van der Waals surface area contributed by atoms with E-state index in [0.29, 0.717) is 12.1 Å². The Hall–Kier alpha value is -2.67. The summed E-state index contributed by atoms with van der Waals surface area (Å²) in [7, 11) is -3.62. The van der Waals surface area contributed by atoms with Crippen LogP contribution in [-0.4, -0.2) is 33.3 Å². The highest BCUT2D eigenvalue weighted by molar-refractivity contribution is 7.92. The Kier molecular flexibility index (Phi) is 6.96. The number of hydrogen-bond donors (Lipinski definition) is 1. The number of anilines is 1. The number of nitrogens with one attached hydrogen (secondary N) is 1. The molecule has 2 rings (SSSR count). The number of sulfonamides is 1. The zero-order valence-electron chi connectivity index (χ0n) is 17.0. The minimum atomic E-state index is -3.62. The summed E-state index contributed by atoms with van der Waals surface area (Å²) in [6, 6.07) is 11.1. The van der Waals surface area contributed by atoms with Gasteiger partial charge in [-0.15, -0.1) is 0 Å². The molecule has 0 bridgehead atoms. The van der Waals surface area contributed by atoms with Gasteiger partial charge in [-0.2, -0.15) is 5.10 Å². The number of para-hydroxylation sites is 1. The summed E-state index contributed by atoms with van der Waals surface area (Å²) in [4.78, 5) is 12.3. The van der Waals surface area contributed by atoms with E-state index in [1.807, 2.05) is 52.0 Å². The Bertz CT molecular complexity index is 998. The van der Waals surface area contributed by atoms with Crippen LogP contribution in [0.25, 0.3) is 0 Å². The van der Waals surface area contributed by atoms with E-state index in [1.165, 1.54) is 11.1 Å². The number of carbonyl (C=O) groups is 1. The minimum Gasteiger partial charge on any atom is -0.271 e. The number of benzene rings is 2. The summed E-state index contributed by atoms with van der Waals surface area (Å²) < 4.78 is 25.6. The van der Waals surface area contributed by atoms with Gasteiger partial charge in [0.2, 0.25) is 10.0 Å². The van der Waals surface area contributed by atoms with Gasteiger partial charge in [0.05, 0.1) is 18.2 Å². The van der Waals surface area contributed by atoms with Crippen LogP contribution in [0.2, 0.25) is 0 Å². The van der Waals surface area contributed by atoms with Crippen molar-refractivity contribution in [3.8, 4) is 0 Å². The van der Waals surface area contributed by atoms with Crippen LogP contribution in [0, 0.1) is 20.8 Å². The lowest BCUT2D eigenvalue weighted by Gasteiger charge is -2.23. The summed E-state index contributed by atoms with van der Waals surface area (Å²) in [6.45, 7) is 7.68. The Labute approximate surface area is 167 Å². The molecule has 2 aromatic rings. The summed E-state index contributed by atoms with van der Waals surface area (Å²) in [5, 5.41) is 4.00. The highest BCUT2D eigenvalue weighted by atomic mass is 32.2. The molecule has 6 nitrogen and oxygen atoms in total. The van der Waals surface area contributed by atoms with Crippen molar-refractivity contribution in [2.45, 2.75) is 34.1 Å². The molecule has 0 radical (unpaired) electrons. The van der Waals surface area contributed by atoms with Crippen LogP contribution in [0.3, 0.4) is 0 Å². The standard InChI is InChI=1S/C21H27N3O3S/c1-6-18-9-7-8-10-20(18)24(28(5,26)27)14-21(25)23-22-13-19-12-11-15(2)16(3)17(19)4/h7-13H,6,14H2,1-5H3,(H,23,25)/b22-13-. The third-order valence-electron chi connectivity index (χ3n) is 4.82. The molecule has 1 amide bonds. The number of nitrogens with zero attached hydrogens (tertiary/aromatic N) is 2. The van der Waals surface area contributed by atoms with E-state index in [2.05, 4.69) is 10.5 Å². The Morgan fingerprint density at radius 2 is 1.79 bits per heavy atom. The molecule has 0 aliphatic carbocycles. The fraction of sp³-hybridized carbons (Fsp3) is 0.333. The molecule has 0 saturated heterocycles. The van der Waals surface area contributed by atoms with Gasteiger partial charge in [-0.3, -0.25) is 9.10 Å². The van der Waals surface area contributed by atoms with Crippen LogP contribution in [-0.2, 0) is 21.2 Å². The molecule has 0 aliphatic rings. The van der Waals surface area contributed by atoms with E-state index in [4.69, 9.17) is 0 Å². The van der Waals surface area contributed by atoms with Gasteiger partial charge in [0.1, 0.15) is 6.54 Å². The lowest BCUT2D eigenvalue weighted by molar-refractivity contribution is -0.119. The van der Waals surface area contributed by atoms with Crippen LogP contribution in [0.5, 0.6) is 0 Å². The van der Waals surface area contributed by atoms with Crippen molar-refractivity contribution < 1.29 is 13.2 Å². The molecule has 0 heterocycles. The van der Waals surface area contributed by atoms with Gasteiger partial charge < -0.3 is 0 Å². The normalized spacial score (nSPS) is 11.6. The van der Waals surface area contributed by atoms with Crippen LogP contribution in [0.1, 0.15) is 34.7 Å². The smallest absolute Gasteiger partial charge is 0.260 e. The first-order valence-corrected chi connectivity index (χ1v) is 10.9. The van der Waals surface area contributed by atoms with Gasteiger partial charge in [-0.1, -0.05) is 37.3 Å². The fourth-order valence-corrected chi connectivity index (χ4v) is 3.78. The van der Waals surface area contributed by atoms with E-state index in [0.717, 1.165) is 27.3 Å². The lowest BCUT2D eigenvalue weighted by Crippen LogP contribution is -2.39. The van der Waals surface area contributed by atoms with Gasteiger partial charge in [0.15, 0.2) is 0 Å². The number of carbonyl (C=O) groups excluding carboxylic acids is 1. The number of hydrazone groups is 1. The molecule has 28 heavy (non-hydrogen) atoms. The number of aryl methyl sites for hydroxylation is 2. The van der Waals surface area contributed by atoms with Crippen molar-refractivity contribution in [2.75, 3.05) is 17.1 Å². The molecular weight excluding hydrogens is 374 g/mol. The van der Waals surface area contributed by atoms with Gasteiger partial charge >= 0.3 is 0 Å². The maximum Gasteiger partial charge on any atom is 0.260 e. The third-order valence-corrected chi connectivity index (χ3v) is 5.95. The maximum atomic E-state index is 12.3. The van der Waals surface area contributed by atoms with E-state index in [1.54, 1.807) is 18.3 Å². The Morgan fingerprint density at radius 3 is 2.43 bits per heavy atom. The molecule has 2 aromatic carbocycles. The van der Waals surface area contributed by atoms with Crippen LogP contribution < -0.4 is 9.73 Å². The first kappa shape index (κ1) is 21.6. The largest absolute Gasteiger partial charge is 0.271 e. The molecule has 150 valence electrons. The summed E-state index contributed by atoms with van der Waals surface area (Å²) in [5.74, 6) is -0.505. The Balaban J connectivity index is 2.16. The van der Waals surface area contributed by atoms with Crippen molar-refractivity contribution in [1.82, 2.24) is 5.43 Å². The van der Waals surface area contributed by atoms with E-state index in [-0.39, 0.29) is 6.54 Å². The van der Waals surface area contributed by atoms with Crippen molar-refractivity contribution in [1.29, 1.82) is 0 Å². The molecule has 0 aliphatic heterocycles. The molecular formula is C21H27N3O3S. The van der Waals surface area contributed by atoms with E-state index < -0.39 is 15.9 Å². The van der Waals surface area contributed by atoms with Gasteiger partial charge in [0.25, 0.3) is 5.91 Å². The SMILES string of the molecule is CCc1ccccc1N(CC(=O)N/N=C\c1ccc(C)c(C)c1C)S(C)(=O)=O. The Morgan fingerprint density at radius 1 is 1.11 bits per heavy atom. The average molecular weight is 402 g/mol. The third kappa shape index (κ3) is 5.19. The molecule has 0 spiro atoms. The molecule has 0 saturated carbocycles. The molecule has 0 unspecified atom stereocenters. The van der Waals surface area contributed by atoms with Gasteiger partial charge in [-0.25, -0.2) is 13.8 Å². The maximum absolute atomic E-state index is 12.3. The zero-order chi connectivity index (χ0) is 20.9. The van der Waals surface area contributed by atoms with Gasteiger partial charge in [0, 0.05) is 0 Å². The van der Waals surface area contributed by atoms with Crippen LogP contribution in [0.15, 0.2) is 41.5 Å². The fourth-order valence-electron chi connectivity index (χ4n) is 2.89. The van der Waals surface area contributed by atoms with E-state index in [9.17, 15) is 13.2 Å². The number of hydrogen-bond acceptors (Lipinski definition) is 4. The van der Waals surface area contributed by atoms with Crippen molar-refractivity contribution in [3.05, 3.63) is 64.2 Å². The second kappa shape index (κ2) is 9.01. The summed E-state index contributed by atoms with van der Waals surface area (Å²) >= 11 is 0. The molecule has 0 aromatic heterocycles. The van der Waals surface area contributed by atoms with Crippen molar-refractivity contribution in [2.24, 2.45) is 5.10 Å². The highest BCUT2D eigenvalue weighted by Crippen LogP contribution is 2.23. The van der Waals surface area contributed by atoms with Crippen LogP contribution >= 0.6 is 0 Å². The molecule has 0 atom stereocenters. The first-order chi connectivity index (χ1) is 13.1. The summed E-state index contributed by atoms with van der Waals surface area (Å²) in [5.41, 5.74) is 8.15. The lowest BCUT2D eigenvalue weighted by atomic mass is 10.00. The molecule has 7 heteroatoms. The topological polar surface area (TPSA) is 78.8 Å². The predicted octanol–water partition coefficient (Wildman–Crippen LogP) is 3.09. The first-order valence-electron chi connectivity index (χ1n) is 9.09. The minimum absolute atomic E-state index is 0.334. The van der Waals surface area contributed by atoms with Gasteiger partial charge in [-0.05, 0) is 61.1 Å². The highest BCUT2D eigenvalue weighted by Gasteiger charge is 2.22. The number of rotatable bonds is 7. The second-order valence-corrected chi connectivity index (χ2v) is 8.67. The molecule has 0 fully saturated rings. The predicted molar refractivity (Wildman–Crippen MR) is 114 cm³/mol. The van der Waals surface area contributed by atoms with Crippen molar-refractivity contribution >= 4 is 27.8 Å². The monoisotopic (exact) mass is 401 g/mol. The van der Waals surface area contributed by atoms with E-state index >= 15 is 0 Å².